The summed E-state index contributed by atoms with van der Waals surface area (Å²) in [6.07, 6.45) is 15.0. The summed E-state index contributed by atoms with van der Waals surface area (Å²) in [5, 5.41) is 7.42. The molecule has 126 valence electrons. The van der Waals surface area contributed by atoms with Crippen LogP contribution in [-0.4, -0.2) is 35.7 Å². The maximum Gasteiger partial charge on any atom is -0.153 e. The van der Waals surface area contributed by atoms with Gasteiger partial charge in [0.05, 0.1) is 0 Å². The van der Waals surface area contributed by atoms with Gasteiger partial charge in [0.1, 0.15) is 0 Å². The molecule has 0 saturated carbocycles. The maximum absolute atomic E-state index is 9.00. The standard InChI is InChI=1S/C14H33P.C2H4O2.H3P/c1-5-9-12-15(8-4,13-10-6-2)14-11-7-3;1-2(3)4;/h15H,5-14H2,1-4H3;1H3,(H,3,4);1H3. The second kappa shape index (κ2) is 17.4. The fraction of sp³-hybridized carbons (Fsp3) is 0.938. The molecule has 0 aliphatic heterocycles. The van der Waals surface area contributed by atoms with Gasteiger partial charge in [0.2, 0.25) is 0 Å². The van der Waals surface area contributed by atoms with Gasteiger partial charge in [-0.05, 0) is 0 Å². The molecule has 0 heterocycles. The Labute approximate surface area is 131 Å². The topological polar surface area (TPSA) is 37.3 Å². The van der Waals surface area contributed by atoms with Crippen molar-refractivity contribution in [2.75, 3.05) is 24.6 Å². The van der Waals surface area contributed by atoms with Crippen LogP contribution in [0.4, 0.5) is 0 Å². The average molecular weight is 326 g/mol. The van der Waals surface area contributed by atoms with Gasteiger partial charge in [-0.3, -0.25) is 4.79 Å². The number of rotatable bonds is 10. The molecule has 1 unspecified atom stereocenters. The van der Waals surface area contributed by atoms with Crippen molar-refractivity contribution in [3.63, 3.8) is 0 Å². The average Bonchev–Trinajstić information content (AvgIpc) is 2.38. The molecule has 20 heavy (non-hydrogen) atoms. The van der Waals surface area contributed by atoms with E-state index in [1.807, 2.05) is 0 Å². The number of carbonyl (C=O) groups is 1. The minimum Gasteiger partial charge on any atom is -0.153 e. The van der Waals surface area contributed by atoms with E-state index in [4.69, 9.17) is 9.90 Å². The molecule has 0 spiro atoms. The van der Waals surface area contributed by atoms with Crippen LogP contribution in [-0.2, 0) is 4.79 Å². The van der Waals surface area contributed by atoms with Gasteiger partial charge in [0.15, 0.2) is 0 Å². The zero-order chi connectivity index (χ0) is 15.1. The monoisotopic (exact) mass is 326 g/mol. The summed E-state index contributed by atoms with van der Waals surface area (Å²) in [6, 6.07) is 0. The normalized spacial score (nSPS) is 11.1. The third kappa shape index (κ3) is 16.4. The molecule has 0 radical (unpaired) electrons. The molecule has 1 atom stereocenters. The van der Waals surface area contributed by atoms with E-state index >= 15 is 0 Å². The largest absolute Gasteiger partial charge is 0.153 e. The number of unbranched alkanes of at least 4 members (excludes halogenated alkanes) is 3. The first-order chi connectivity index (χ1) is 8.97. The number of carboxylic acid groups (broad SMARTS) is 1. The van der Waals surface area contributed by atoms with Crippen molar-refractivity contribution in [2.24, 2.45) is 0 Å². The molecule has 0 bridgehead atoms. The second-order valence-corrected chi connectivity index (χ2v) is 10.9. The van der Waals surface area contributed by atoms with Crippen LogP contribution in [0.15, 0.2) is 0 Å². The molecule has 2 nitrogen and oxygen atoms in total. The van der Waals surface area contributed by atoms with Crippen molar-refractivity contribution in [1.29, 1.82) is 0 Å². The quantitative estimate of drug-likeness (QED) is 0.553. The Kier molecular flexibility index (Phi) is 22.0. The first kappa shape index (κ1) is 25.3. The van der Waals surface area contributed by atoms with Gasteiger partial charge in [-0.2, -0.15) is 9.90 Å². The summed E-state index contributed by atoms with van der Waals surface area (Å²) < 4.78 is 0. The molecule has 0 aliphatic carbocycles. The van der Waals surface area contributed by atoms with E-state index in [0.717, 1.165) is 6.92 Å². The molecule has 0 aliphatic rings. The van der Waals surface area contributed by atoms with E-state index in [-0.39, 0.29) is 9.90 Å². The smallest absolute Gasteiger partial charge is 0.153 e. The van der Waals surface area contributed by atoms with Gasteiger partial charge >= 0.3 is 98.1 Å². The Hall–Kier alpha value is 0.330. The Morgan fingerprint density at radius 1 is 0.850 bits per heavy atom. The van der Waals surface area contributed by atoms with Crippen LogP contribution < -0.4 is 0 Å². The molecule has 1 N–H and O–H groups in total. The van der Waals surface area contributed by atoms with Crippen LogP contribution in [0.5, 0.6) is 0 Å². The van der Waals surface area contributed by atoms with Gasteiger partial charge < -0.3 is 5.11 Å². The first-order valence-corrected chi connectivity index (χ1v) is 11.0. The molecular formula is C16H40O2P2. The van der Waals surface area contributed by atoms with E-state index in [1.54, 1.807) is 18.5 Å². The van der Waals surface area contributed by atoms with Crippen molar-refractivity contribution >= 4 is 23.1 Å². The van der Waals surface area contributed by atoms with Crippen molar-refractivity contribution < 1.29 is 9.90 Å². The number of aliphatic carboxylic acids is 1. The second-order valence-electron chi connectivity index (χ2n) is 5.68. The van der Waals surface area contributed by atoms with Crippen molar-refractivity contribution in [3.05, 3.63) is 0 Å². The molecule has 0 amide bonds. The molecule has 4 heteroatoms. The molecule has 0 aromatic carbocycles. The van der Waals surface area contributed by atoms with Crippen molar-refractivity contribution in [2.45, 2.75) is 73.1 Å². The third-order valence-electron chi connectivity index (χ3n) is 3.93. The van der Waals surface area contributed by atoms with Crippen molar-refractivity contribution in [1.82, 2.24) is 0 Å². The number of hydrogen-bond acceptors (Lipinski definition) is 1. The zero-order valence-corrected chi connectivity index (χ0v) is 17.0. The minimum absolute atomic E-state index is 0. The predicted molar refractivity (Wildman–Crippen MR) is 103 cm³/mol. The Morgan fingerprint density at radius 2 is 1.10 bits per heavy atom. The Morgan fingerprint density at radius 3 is 1.25 bits per heavy atom. The van der Waals surface area contributed by atoms with E-state index in [0.29, 0.717) is 0 Å². The van der Waals surface area contributed by atoms with Crippen molar-refractivity contribution in [3.8, 4) is 0 Å². The van der Waals surface area contributed by atoms with E-state index < -0.39 is 13.2 Å². The summed E-state index contributed by atoms with van der Waals surface area (Å²) in [5.74, 6) is -0.833. The van der Waals surface area contributed by atoms with Crippen LogP contribution in [0, 0.1) is 0 Å². The summed E-state index contributed by atoms with van der Waals surface area (Å²) in [6.45, 7) is 10.6. The third-order valence-corrected chi connectivity index (χ3v) is 9.67. The van der Waals surface area contributed by atoms with Crippen LogP contribution in [0.3, 0.4) is 0 Å². The van der Waals surface area contributed by atoms with E-state index in [2.05, 4.69) is 27.7 Å². The zero-order valence-electron chi connectivity index (χ0n) is 14.6. The maximum atomic E-state index is 9.00. The van der Waals surface area contributed by atoms with Crippen LogP contribution in [0.25, 0.3) is 0 Å². The predicted octanol–water partition coefficient (Wildman–Crippen LogP) is 5.31. The van der Waals surface area contributed by atoms with Gasteiger partial charge in [0, 0.05) is 6.92 Å². The summed E-state index contributed by atoms with van der Waals surface area (Å²) in [5.41, 5.74) is 0. The van der Waals surface area contributed by atoms with Crippen LogP contribution in [0.2, 0.25) is 0 Å². The SMILES string of the molecule is CC(=O)O.CCCC[PH](CC)(CCCC)CCCC.P. The van der Waals surface area contributed by atoms with Gasteiger partial charge in [-0.25, -0.2) is 0 Å². The molecule has 0 fully saturated rings. The van der Waals surface area contributed by atoms with Gasteiger partial charge in [-0.1, -0.05) is 0 Å². The summed E-state index contributed by atoms with van der Waals surface area (Å²) in [7, 11) is -0.832. The summed E-state index contributed by atoms with van der Waals surface area (Å²) >= 11 is 0. The molecule has 0 aromatic rings. The fourth-order valence-electron chi connectivity index (χ4n) is 2.56. The van der Waals surface area contributed by atoms with Crippen LogP contribution >= 0.6 is 17.2 Å². The van der Waals surface area contributed by atoms with Gasteiger partial charge in [0.25, 0.3) is 5.97 Å². The summed E-state index contributed by atoms with van der Waals surface area (Å²) in [4.78, 5) is 9.00. The van der Waals surface area contributed by atoms with E-state index in [9.17, 15) is 0 Å². The fourth-order valence-corrected chi connectivity index (χ4v) is 7.68. The number of hydrogen-bond donors (Lipinski definition) is 1. The Balaban J connectivity index is -0.000000508. The first-order valence-electron chi connectivity index (χ1n) is 8.17. The Bertz CT molecular complexity index is 183. The van der Waals surface area contributed by atoms with Gasteiger partial charge in [-0.15, -0.1) is 0 Å². The molecule has 0 saturated heterocycles. The van der Waals surface area contributed by atoms with Crippen LogP contribution in [0.1, 0.15) is 73.1 Å². The minimum atomic E-state index is -0.833. The molecular weight excluding hydrogens is 286 g/mol. The number of carboxylic acids is 1. The van der Waals surface area contributed by atoms with E-state index in [1.165, 1.54) is 44.7 Å². The molecule has 0 rings (SSSR count). The molecule has 0 aromatic heterocycles.